The van der Waals surface area contributed by atoms with Gasteiger partial charge in [0.15, 0.2) is 0 Å². The van der Waals surface area contributed by atoms with Crippen LogP contribution in [0.3, 0.4) is 0 Å². The van der Waals surface area contributed by atoms with E-state index in [0.717, 1.165) is 0 Å². The molecular formula is C13H18BFO3. The number of benzene rings is 1. The van der Waals surface area contributed by atoms with Crippen LogP contribution in [-0.2, 0) is 9.31 Å². The van der Waals surface area contributed by atoms with Crippen LogP contribution >= 0.6 is 0 Å². The van der Waals surface area contributed by atoms with Gasteiger partial charge in [0.2, 0.25) is 0 Å². The predicted molar refractivity (Wildman–Crippen MR) is 68.5 cm³/mol. The fourth-order valence-corrected chi connectivity index (χ4v) is 1.88. The molecular weight excluding hydrogens is 234 g/mol. The molecule has 1 aliphatic rings. The second-order valence-electron chi connectivity index (χ2n) is 5.72. The molecule has 1 fully saturated rings. The highest BCUT2D eigenvalue weighted by Crippen LogP contribution is 2.37. The quantitative estimate of drug-likeness (QED) is 0.778. The summed E-state index contributed by atoms with van der Waals surface area (Å²) in [6.45, 7) is 9.19. The van der Waals surface area contributed by atoms with Crippen molar-refractivity contribution in [2.75, 3.05) is 0 Å². The number of phenolic OH excluding ortho intramolecular Hbond substituents is 1. The fraction of sp³-hybridized carbons (Fsp3) is 0.538. The minimum absolute atomic E-state index is 0.0775. The first kappa shape index (κ1) is 13.4. The van der Waals surface area contributed by atoms with Gasteiger partial charge >= 0.3 is 7.12 Å². The van der Waals surface area contributed by atoms with E-state index >= 15 is 0 Å². The molecule has 0 unspecified atom stereocenters. The molecule has 1 aromatic carbocycles. The molecule has 1 heterocycles. The summed E-state index contributed by atoms with van der Waals surface area (Å²) in [6, 6.07) is 2.98. The van der Waals surface area contributed by atoms with Crippen LogP contribution in [0.25, 0.3) is 0 Å². The van der Waals surface area contributed by atoms with Gasteiger partial charge in [-0.05, 0) is 46.2 Å². The third-order valence-electron chi connectivity index (χ3n) is 3.84. The third kappa shape index (κ3) is 1.91. The second-order valence-corrected chi connectivity index (χ2v) is 5.72. The molecule has 1 aromatic rings. The lowest BCUT2D eigenvalue weighted by molar-refractivity contribution is 0.00578. The fourth-order valence-electron chi connectivity index (χ4n) is 1.88. The average Bonchev–Trinajstić information content (AvgIpc) is 2.43. The monoisotopic (exact) mass is 252 g/mol. The van der Waals surface area contributed by atoms with Crippen molar-refractivity contribution in [2.45, 2.75) is 45.8 Å². The van der Waals surface area contributed by atoms with Gasteiger partial charge in [0.1, 0.15) is 11.6 Å². The molecule has 0 aromatic heterocycles. The van der Waals surface area contributed by atoms with Crippen LogP contribution in [0.15, 0.2) is 12.1 Å². The number of halogens is 1. The lowest BCUT2D eigenvalue weighted by Crippen LogP contribution is -2.41. The molecule has 0 saturated carbocycles. The van der Waals surface area contributed by atoms with Crippen LogP contribution in [-0.4, -0.2) is 23.4 Å². The van der Waals surface area contributed by atoms with Crippen molar-refractivity contribution in [3.63, 3.8) is 0 Å². The van der Waals surface area contributed by atoms with Gasteiger partial charge in [-0.2, -0.15) is 0 Å². The van der Waals surface area contributed by atoms with Crippen LogP contribution in [0.1, 0.15) is 33.3 Å². The van der Waals surface area contributed by atoms with Crippen molar-refractivity contribution >= 4 is 12.6 Å². The highest BCUT2D eigenvalue weighted by atomic mass is 19.1. The highest BCUT2D eigenvalue weighted by molar-refractivity contribution is 6.63. The largest absolute Gasteiger partial charge is 0.508 e. The van der Waals surface area contributed by atoms with E-state index in [-0.39, 0.29) is 11.2 Å². The first-order valence-corrected chi connectivity index (χ1v) is 5.99. The van der Waals surface area contributed by atoms with Crippen molar-refractivity contribution in [3.8, 4) is 5.75 Å². The summed E-state index contributed by atoms with van der Waals surface area (Å²) in [7, 11) is -0.880. The van der Waals surface area contributed by atoms with Gasteiger partial charge in [-0.3, -0.25) is 0 Å². The van der Waals surface area contributed by atoms with Crippen LogP contribution < -0.4 is 5.46 Å². The molecule has 0 amide bonds. The molecule has 0 atom stereocenters. The van der Waals surface area contributed by atoms with Crippen molar-refractivity contribution in [1.82, 2.24) is 0 Å². The molecule has 18 heavy (non-hydrogen) atoms. The van der Waals surface area contributed by atoms with E-state index in [9.17, 15) is 9.50 Å². The molecule has 3 nitrogen and oxygen atoms in total. The van der Waals surface area contributed by atoms with Crippen LogP contribution in [0.4, 0.5) is 4.39 Å². The minimum Gasteiger partial charge on any atom is -0.508 e. The zero-order valence-electron chi connectivity index (χ0n) is 11.4. The first-order valence-electron chi connectivity index (χ1n) is 5.99. The summed E-state index contributed by atoms with van der Waals surface area (Å²) in [5.74, 6) is -0.620. The molecule has 0 aliphatic carbocycles. The predicted octanol–water partition coefficient (Wildman–Crippen LogP) is 2.14. The Morgan fingerprint density at radius 1 is 1.11 bits per heavy atom. The van der Waals surface area contributed by atoms with Gasteiger partial charge in [0.25, 0.3) is 0 Å². The smallest absolute Gasteiger partial charge is 0.501 e. The van der Waals surface area contributed by atoms with E-state index in [0.29, 0.717) is 5.56 Å². The average molecular weight is 252 g/mol. The molecule has 2 rings (SSSR count). The molecule has 0 radical (unpaired) electrons. The topological polar surface area (TPSA) is 38.7 Å². The summed E-state index contributed by atoms with van der Waals surface area (Å²) >= 11 is 0. The van der Waals surface area contributed by atoms with Gasteiger partial charge in [0, 0.05) is 0 Å². The molecule has 0 bridgehead atoms. The van der Waals surface area contributed by atoms with E-state index in [2.05, 4.69) is 0 Å². The van der Waals surface area contributed by atoms with Crippen molar-refractivity contribution in [1.29, 1.82) is 0 Å². The zero-order chi connectivity index (χ0) is 13.7. The van der Waals surface area contributed by atoms with Gasteiger partial charge < -0.3 is 14.4 Å². The summed E-state index contributed by atoms with van der Waals surface area (Å²) in [5, 5.41) is 9.82. The normalized spacial score (nSPS) is 21.3. The summed E-state index contributed by atoms with van der Waals surface area (Å²) in [4.78, 5) is 0. The number of hydrogen-bond donors (Lipinski definition) is 1. The van der Waals surface area contributed by atoms with Crippen molar-refractivity contribution in [3.05, 3.63) is 23.5 Å². The Morgan fingerprint density at radius 2 is 1.61 bits per heavy atom. The van der Waals surface area contributed by atoms with Crippen LogP contribution in [0, 0.1) is 12.7 Å². The Bertz CT molecular complexity index is 469. The molecule has 1 aliphatic heterocycles. The maximum Gasteiger partial charge on any atom is 0.501 e. The minimum atomic E-state index is -0.880. The van der Waals surface area contributed by atoms with Crippen molar-refractivity contribution in [2.24, 2.45) is 0 Å². The van der Waals surface area contributed by atoms with E-state index in [4.69, 9.17) is 9.31 Å². The second kappa shape index (κ2) is 3.97. The Hall–Kier alpha value is -1.07. The Kier molecular flexibility index (Phi) is 2.95. The van der Waals surface area contributed by atoms with E-state index in [1.165, 1.54) is 12.1 Å². The Labute approximate surface area is 107 Å². The molecule has 1 N–H and O–H groups in total. The van der Waals surface area contributed by atoms with Gasteiger partial charge in [0.05, 0.1) is 16.7 Å². The number of aromatic hydroxyl groups is 1. The van der Waals surface area contributed by atoms with Gasteiger partial charge in [-0.1, -0.05) is 6.07 Å². The zero-order valence-corrected chi connectivity index (χ0v) is 11.4. The Balaban J connectivity index is 2.44. The van der Waals surface area contributed by atoms with Gasteiger partial charge in [-0.15, -0.1) is 0 Å². The van der Waals surface area contributed by atoms with E-state index in [1.54, 1.807) is 6.92 Å². The SMILES string of the molecule is Cc1ccc(O)c(B2OC(C)(C)C(C)(C)O2)c1F. The number of phenols is 1. The van der Waals surface area contributed by atoms with E-state index < -0.39 is 24.1 Å². The molecule has 0 spiro atoms. The number of rotatable bonds is 1. The van der Waals surface area contributed by atoms with Crippen LogP contribution in [0.5, 0.6) is 5.75 Å². The Morgan fingerprint density at radius 3 is 2.11 bits per heavy atom. The summed E-state index contributed by atoms with van der Waals surface area (Å²) in [5.41, 5.74) is -0.577. The first-order chi connectivity index (χ1) is 8.16. The molecule has 5 heteroatoms. The van der Waals surface area contributed by atoms with Gasteiger partial charge in [-0.25, -0.2) is 4.39 Å². The summed E-state index contributed by atoms with van der Waals surface area (Å²) < 4.78 is 25.6. The lowest BCUT2D eigenvalue weighted by atomic mass is 9.77. The number of aryl methyl sites for hydroxylation is 1. The van der Waals surface area contributed by atoms with Crippen LogP contribution in [0.2, 0.25) is 0 Å². The lowest BCUT2D eigenvalue weighted by Gasteiger charge is -2.32. The standard InChI is InChI=1S/C13H18BFO3/c1-8-6-7-9(16)10(11(8)15)14-17-12(2,3)13(4,5)18-14/h6-7,16H,1-5H3. The maximum atomic E-state index is 14.1. The third-order valence-corrected chi connectivity index (χ3v) is 3.84. The van der Waals surface area contributed by atoms with Crippen molar-refractivity contribution < 1.29 is 18.8 Å². The number of hydrogen-bond acceptors (Lipinski definition) is 3. The maximum absolute atomic E-state index is 14.1. The summed E-state index contributed by atoms with van der Waals surface area (Å²) in [6.07, 6.45) is 0. The molecule has 1 saturated heterocycles. The molecule has 98 valence electrons. The highest BCUT2D eigenvalue weighted by Gasteiger charge is 2.53. The van der Waals surface area contributed by atoms with E-state index in [1.807, 2.05) is 27.7 Å².